The number of rotatable bonds is 4. The number of aryl methyl sites for hydroxylation is 1. The summed E-state index contributed by atoms with van der Waals surface area (Å²) in [5.74, 6) is 0.342. The largest absolute Gasteiger partial charge is 0.341 e. The number of hydrogen-bond acceptors (Lipinski definition) is 2. The molecule has 2 aromatic carbocycles. The maximum Gasteiger partial charge on any atom is 0.341 e. The highest BCUT2D eigenvalue weighted by molar-refractivity contribution is 6.18. The molecule has 3 amide bonds. The van der Waals surface area contributed by atoms with E-state index < -0.39 is 0 Å². The van der Waals surface area contributed by atoms with Gasteiger partial charge in [-0.3, -0.25) is 4.79 Å². The summed E-state index contributed by atoms with van der Waals surface area (Å²) in [5.41, 5.74) is 4.18. The van der Waals surface area contributed by atoms with Crippen molar-refractivity contribution >= 4 is 17.6 Å². The number of nitrogens with zero attached hydrogens (tertiary/aromatic N) is 2. The van der Waals surface area contributed by atoms with Crippen LogP contribution in [-0.2, 0) is 6.54 Å². The van der Waals surface area contributed by atoms with Gasteiger partial charge in [-0.15, -0.1) is 0 Å². The van der Waals surface area contributed by atoms with Crippen LogP contribution in [0.15, 0.2) is 53.5 Å². The molecule has 1 aliphatic rings. The zero-order valence-corrected chi connectivity index (χ0v) is 16.0. The fourth-order valence-corrected chi connectivity index (χ4v) is 3.16. The van der Waals surface area contributed by atoms with E-state index in [0.29, 0.717) is 36.8 Å². The molecule has 0 bridgehead atoms. The molecule has 1 heterocycles. The second-order valence-corrected chi connectivity index (χ2v) is 7.33. The Morgan fingerprint density at radius 1 is 1.11 bits per heavy atom. The maximum absolute atomic E-state index is 12.7. The summed E-state index contributed by atoms with van der Waals surface area (Å²) >= 11 is 0. The van der Waals surface area contributed by atoms with Gasteiger partial charge >= 0.3 is 6.03 Å². The molecule has 5 heteroatoms. The lowest BCUT2D eigenvalue weighted by molar-refractivity contribution is 0.0755. The van der Waals surface area contributed by atoms with E-state index in [1.165, 1.54) is 5.56 Å². The summed E-state index contributed by atoms with van der Waals surface area (Å²) in [4.78, 5) is 31.1. The number of carbonyl (C=O) groups is 2. The average Bonchev–Trinajstić information content (AvgIpc) is 2.65. The Hall–Kier alpha value is -2.95. The van der Waals surface area contributed by atoms with Crippen molar-refractivity contribution in [3.8, 4) is 0 Å². The Kier molecular flexibility index (Phi) is 5.69. The molecule has 0 aliphatic carbocycles. The Labute approximate surface area is 160 Å². The quantitative estimate of drug-likeness (QED) is 0.898. The SMILES string of the molecule is Cc1ccc(CNC(=O)N=C2CN(CC(C)C)C(=O)c3ccccc32)cc1. The smallest absolute Gasteiger partial charge is 0.332 e. The Balaban J connectivity index is 1.78. The number of amides is 3. The van der Waals surface area contributed by atoms with Gasteiger partial charge in [0.1, 0.15) is 0 Å². The highest BCUT2D eigenvalue weighted by Crippen LogP contribution is 2.20. The molecule has 1 aliphatic heterocycles. The molecule has 0 fully saturated rings. The van der Waals surface area contributed by atoms with Crippen LogP contribution in [0, 0.1) is 12.8 Å². The summed E-state index contributed by atoms with van der Waals surface area (Å²) in [5, 5.41) is 2.83. The van der Waals surface area contributed by atoms with Crippen LogP contribution >= 0.6 is 0 Å². The highest BCUT2D eigenvalue weighted by Gasteiger charge is 2.28. The third-order valence-electron chi connectivity index (χ3n) is 4.48. The highest BCUT2D eigenvalue weighted by atomic mass is 16.2. The maximum atomic E-state index is 12.7. The normalized spacial score (nSPS) is 15.2. The summed E-state index contributed by atoms with van der Waals surface area (Å²) in [7, 11) is 0. The predicted octanol–water partition coefficient (Wildman–Crippen LogP) is 3.81. The monoisotopic (exact) mass is 363 g/mol. The van der Waals surface area contributed by atoms with E-state index in [-0.39, 0.29) is 11.9 Å². The third kappa shape index (κ3) is 4.61. The van der Waals surface area contributed by atoms with E-state index >= 15 is 0 Å². The van der Waals surface area contributed by atoms with Gasteiger partial charge in [-0.25, -0.2) is 4.79 Å². The molecule has 0 radical (unpaired) electrons. The third-order valence-corrected chi connectivity index (χ3v) is 4.48. The minimum absolute atomic E-state index is 0.00156. The van der Waals surface area contributed by atoms with Crippen LogP contribution in [0.5, 0.6) is 0 Å². The minimum Gasteiger partial charge on any atom is -0.332 e. The molecule has 0 atom stereocenters. The Bertz CT molecular complexity index is 869. The van der Waals surface area contributed by atoms with Gasteiger partial charge in [-0.1, -0.05) is 61.9 Å². The van der Waals surface area contributed by atoms with E-state index in [0.717, 1.165) is 11.1 Å². The zero-order chi connectivity index (χ0) is 19.4. The lowest BCUT2D eigenvalue weighted by Gasteiger charge is -2.30. The van der Waals surface area contributed by atoms with Crippen molar-refractivity contribution in [3.63, 3.8) is 0 Å². The van der Waals surface area contributed by atoms with Crippen molar-refractivity contribution in [3.05, 3.63) is 70.8 Å². The molecule has 1 N–H and O–H groups in total. The first-order valence-corrected chi connectivity index (χ1v) is 9.23. The van der Waals surface area contributed by atoms with Crippen LogP contribution in [0.25, 0.3) is 0 Å². The van der Waals surface area contributed by atoms with Crippen molar-refractivity contribution in [2.75, 3.05) is 13.1 Å². The minimum atomic E-state index is -0.390. The molecule has 0 unspecified atom stereocenters. The van der Waals surface area contributed by atoms with Crippen LogP contribution < -0.4 is 5.32 Å². The number of fused-ring (bicyclic) bond motifs is 1. The van der Waals surface area contributed by atoms with E-state index in [9.17, 15) is 9.59 Å². The second kappa shape index (κ2) is 8.16. The Morgan fingerprint density at radius 2 is 1.78 bits per heavy atom. The van der Waals surface area contributed by atoms with Crippen LogP contribution in [0.3, 0.4) is 0 Å². The lowest BCUT2D eigenvalue weighted by atomic mass is 9.96. The zero-order valence-electron chi connectivity index (χ0n) is 16.0. The summed E-state index contributed by atoms with van der Waals surface area (Å²) in [6, 6.07) is 15.0. The number of hydrogen-bond donors (Lipinski definition) is 1. The number of benzene rings is 2. The van der Waals surface area contributed by atoms with Gasteiger partial charge in [0.2, 0.25) is 0 Å². The standard InChI is InChI=1S/C22H25N3O2/c1-15(2)13-25-14-20(18-6-4-5-7-19(18)21(25)26)24-22(27)23-12-17-10-8-16(3)9-11-17/h4-11,15H,12-14H2,1-3H3,(H,23,27). The fraction of sp³-hybridized carbons (Fsp3) is 0.318. The predicted molar refractivity (Wildman–Crippen MR) is 107 cm³/mol. The van der Waals surface area contributed by atoms with Gasteiger partial charge < -0.3 is 10.2 Å². The molecular formula is C22H25N3O2. The number of nitrogens with one attached hydrogen (secondary N) is 1. The average molecular weight is 363 g/mol. The first kappa shape index (κ1) is 18.8. The summed E-state index contributed by atoms with van der Waals surface area (Å²) in [6.45, 7) is 7.58. The molecule has 0 spiro atoms. The number of carbonyl (C=O) groups excluding carboxylic acids is 2. The summed E-state index contributed by atoms with van der Waals surface area (Å²) < 4.78 is 0. The van der Waals surface area contributed by atoms with Crippen molar-refractivity contribution in [1.82, 2.24) is 10.2 Å². The van der Waals surface area contributed by atoms with E-state index in [1.807, 2.05) is 49.4 Å². The molecule has 0 saturated carbocycles. The van der Waals surface area contributed by atoms with Crippen LogP contribution in [0.2, 0.25) is 0 Å². The molecule has 27 heavy (non-hydrogen) atoms. The van der Waals surface area contributed by atoms with Gasteiger partial charge in [-0.2, -0.15) is 4.99 Å². The van der Waals surface area contributed by atoms with Gasteiger partial charge in [0.15, 0.2) is 0 Å². The van der Waals surface area contributed by atoms with Crippen molar-refractivity contribution in [2.24, 2.45) is 10.9 Å². The van der Waals surface area contributed by atoms with Crippen molar-refractivity contribution in [2.45, 2.75) is 27.3 Å². The molecule has 0 saturated heterocycles. The molecule has 140 valence electrons. The van der Waals surface area contributed by atoms with Gasteiger partial charge in [0.25, 0.3) is 5.91 Å². The molecular weight excluding hydrogens is 338 g/mol. The topological polar surface area (TPSA) is 61.8 Å². The van der Waals surface area contributed by atoms with Gasteiger partial charge in [0, 0.05) is 24.2 Å². The Morgan fingerprint density at radius 3 is 2.44 bits per heavy atom. The first-order chi connectivity index (χ1) is 12.9. The lowest BCUT2D eigenvalue weighted by Crippen LogP contribution is -2.43. The van der Waals surface area contributed by atoms with Gasteiger partial charge in [-0.05, 0) is 24.5 Å². The van der Waals surface area contributed by atoms with Crippen LogP contribution in [0.4, 0.5) is 4.79 Å². The van der Waals surface area contributed by atoms with Crippen molar-refractivity contribution < 1.29 is 9.59 Å². The number of aliphatic imine (C=N–C) groups is 1. The van der Waals surface area contributed by atoms with Crippen LogP contribution in [0.1, 0.15) is 40.9 Å². The fourth-order valence-electron chi connectivity index (χ4n) is 3.16. The number of urea groups is 1. The van der Waals surface area contributed by atoms with Crippen LogP contribution in [-0.4, -0.2) is 35.6 Å². The van der Waals surface area contributed by atoms with E-state index in [4.69, 9.17) is 0 Å². The second-order valence-electron chi connectivity index (χ2n) is 7.33. The molecule has 0 aromatic heterocycles. The summed E-state index contributed by atoms with van der Waals surface area (Å²) in [6.07, 6.45) is 0. The van der Waals surface area contributed by atoms with E-state index in [1.54, 1.807) is 11.0 Å². The van der Waals surface area contributed by atoms with Gasteiger partial charge in [0.05, 0.1) is 12.3 Å². The molecule has 2 aromatic rings. The van der Waals surface area contributed by atoms with Crippen molar-refractivity contribution in [1.29, 1.82) is 0 Å². The molecule has 5 nitrogen and oxygen atoms in total. The molecule has 3 rings (SSSR count). The first-order valence-electron chi connectivity index (χ1n) is 9.23. The van der Waals surface area contributed by atoms with E-state index in [2.05, 4.69) is 24.2 Å².